The van der Waals surface area contributed by atoms with Gasteiger partial charge >= 0.3 is 5.97 Å². The van der Waals surface area contributed by atoms with Crippen LogP contribution in [0.15, 0.2) is 36.9 Å². The van der Waals surface area contributed by atoms with Gasteiger partial charge in [-0.05, 0) is 5.56 Å². The summed E-state index contributed by atoms with van der Waals surface area (Å²) in [6, 6.07) is 8.18. The second kappa shape index (κ2) is 6.98. The van der Waals surface area contributed by atoms with Crippen molar-refractivity contribution in [2.45, 2.75) is 6.61 Å². The second-order valence-electron chi connectivity index (χ2n) is 3.35. The molecule has 0 aliphatic heterocycles. The van der Waals surface area contributed by atoms with Gasteiger partial charge in [0.25, 0.3) is 0 Å². The number of carbonyl (C=O) groups is 1. The van der Waals surface area contributed by atoms with Gasteiger partial charge in [-0.15, -0.1) is 0 Å². The van der Waals surface area contributed by atoms with E-state index in [2.05, 4.69) is 18.7 Å². The minimum atomic E-state index is -0.410. The maximum absolute atomic E-state index is 10.7. The number of carbonyl (C=O) groups excluding carboxylic acids is 1. The van der Waals surface area contributed by atoms with E-state index in [1.807, 2.05) is 12.1 Å². The lowest BCUT2D eigenvalue weighted by Gasteiger charge is -2.07. The topological polar surface area (TPSA) is 35.5 Å². The van der Waals surface area contributed by atoms with Crippen molar-refractivity contribution in [3.05, 3.63) is 42.5 Å². The van der Waals surface area contributed by atoms with Crippen molar-refractivity contribution in [2.24, 2.45) is 0 Å². The van der Waals surface area contributed by atoms with Gasteiger partial charge in [0.2, 0.25) is 0 Å². The predicted molar refractivity (Wildman–Crippen MR) is 66.8 cm³/mol. The SMILES string of the molecule is C=CC(=O)OCCOCc1ccccc1[SiH3]. The van der Waals surface area contributed by atoms with Crippen LogP contribution >= 0.6 is 0 Å². The quantitative estimate of drug-likeness (QED) is 0.300. The van der Waals surface area contributed by atoms with E-state index in [4.69, 9.17) is 9.47 Å². The summed E-state index contributed by atoms with van der Waals surface area (Å²) in [5.41, 5.74) is 1.21. The Morgan fingerprint density at radius 1 is 1.38 bits per heavy atom. The number of esters is 1. The summed E-state index contributed by atoms with van der Waals surface area (Å²) in [6.07, 6.45) is 1.15. The Labute approximate surface area is 98.5 Å². The molecule has 0 aliphatic carbocycles. The van der Waals surface area contributed by atoms with E-state index < -0.39 is 5.97 Å². The first-order chi connectivity index (χ1) is 7.74. The van der Waals surface area contributed by atoms with Crippen LogP contribution in [-0.2, 0) is 20.9 Å². The van der Waals surface area contributed by atoms with Crippen LogP contribution in [0.25, 0.3) is 0 Å². The van der Waals surface area contributed by atoms with Crippen molar-refractivity contribution < 1.29 is 14.3 Å². The summed E-state index contributed by atoms with van der Waals surface area (Å²) >= 11 is 0. The molecule has 0 saturated carbocycles. The monoisotopic (exact) mass is 236 g/mol. The highest BCUT2D eigenvalue weighted by atomic mass is 28.1. The van der Waals surface area contributed by atoms with E-state index >= 15 is 0 Å². The predicted octanol–water partition coefficient (Wildman–Crippen LogP) is -0.0769. The lowest BCUT2D eigenvalue weighted by molar-refractivity contribution is -0.139. The Morgan fingerprint density at radius 3 is 2.81 bits per heavy atom. The van der Waals surface area contributed by atoms with Gasteiger partial charge in [-0.25, -0.2) is 4.79 Å². The van der Waals surface area contributed by atoms with Crippen LogP contribution in [0.4, 0.5) is 0 Å². The molecule has 16 heavy (non-hydrogen) atoms. The molecule has 0 saturated heterocycles. The molecule has 0 unspecified atom stereocenters. The zero-order chi connectivity index (χ0) is 11.8. The number of hydrogen-bond donors (Lipinski definition) is 0. The van der Waals surface area contributed by atoms with E-state index in [1.54, 1.807) is 0 Å². The van der Waals surface area contributed by atoms with Gasteiger partial charge in [0.15, 0.2) is 0 Å². The van der Waals surface area contributed by atoms with Crippen molar-refractivity contribution >= 4 is 21.4 Å². The van der Waals surface area contributed by atoms with Crippen LogP contribution in [0.2, 0.25) is 0 Å². The van der Waals surface area contributed by atoms with Gasteiger partial charge < -0.3 is 9.47 Å². The summed E-state index contributed by atoms with van der Waals surface area (Å²) in [4.78, 5) is 10.7. The van der Waals surface area contributed by atoms with Crippen LogP contribution in [0.5, 0.6) is 0 Å². The molecule has 3 nitrogen and oxygen atoms in total. The molecule has 0 N–H and O–H groups in total. The molecule has 1 aromatic carbocycles. The van der Waals surface area contributed by atoms with E-state index in [0.717, 1.165) is 16.3 Å². The lowest BCUT2D eigenvalue weighted by Crippen LogP contribution is -2.13. The minimum absolute atomic E-state index is 0.272. The fourth-order valence-electron chi connectivity index (χ4n) is 1.21. The lowest BCUT2D eigenvalue weighted by atomic mass is 10.2. The Hall–Kier alpha value is -1.39. The fourth-order valence-corrected chi connectivity index (χ4v) is 1.72. The van der Waals surface area contributed by atoms with Crippen molar-refractivity contribution in [3.63, 3.8) is 0 Å². The van der Waals surface area contributed by atoms with Crippen LogP contribution < -0.4 is 5.19 Å². The Balaban J connectivity index is 2.19. The van der Waals surface area contributed by atoms with E-state index in [-0.39, 0.29) is 6.61 Å². The highest BCUT2D eigenvalue weighted by Gasteiger charge is 1.98. The third-order valence-electron chi connectivity index (χ3n) is 2.16. The van der Waals surface area contributed by atoms with Crippen molar-refractivity contribution in [2.75, 3.05) is 13.2 Å². The van der Waals surface area contributed by atoms with Crippen LogP contribution in [0.3, 0.4) is 0 Å². The maximum Gasteiger partial charge on any atom is 0.330 e. The fraction of sp³-hybridized carbons (Fsp3) is 0.250. The third-order valence-corrected chi connectivity index (χ3v) is 3.13. The molecule has 0 aliphatic rings. The van der Waals surface area contributed by atoms with Gasteiger partial charge in [0.1, 0.15) is 6.61 Å². The van der Waals surface area contributed by atoms with Crippen LogP contribution in [0, 0.1) is 0 Å². The molecule has 0 aromatic heterocycles. The van der Waals surface area contributed by atoms with Crippen LogP contribution in [0.1, 0.15) is 5.56 Å². The standard InChI is InChI=1S/C12H16O3Si/c1-2-12(13)15-8-7-14-9-10-5-3-4-6-11(10)16/h2-6H,1,7-9H2,16H3. The summed E-state index contributed by atoms with van der Waals surface area (Å²) in [5, 5.41) is 1.34. The van der Waals surface area contributed by atoms with Crippen molar-refractivity contribution in [3.8, 4) is 0 Å². The minimum Gasteiger partial charge on any atom is -0.460 e. The molecular formula is C12H16O3Si. The molecule has 0 spiro atoms. The molecule has 1 rings (SSSR count). The number of benzene rings is 1. The molecule has 1 aromatic rings. The highest BCUT2D eigenvalue weighted by Crippen LogP contribution is 1.97. The van der Waals surface area contributed by atoms with E-state index in [9.17, 15) is 4.79 Å². The molecular weight excluding hydrogens is 220 g/mol. The van der Waals surface area contributed by atoms with Crippen molar-refractivity contribution in [1.29, 1.82) is 0 Å². The summed E-state index contributed by atoms with van der Waals surface area (Å²) in [6.45, 7) is 4.57. The molecule has 0 heterocycles. The highest BCUT2D eigenvalue weighted by molar-refractivity contribution is 6.33. The summed E-state index contributed by atoms with van der Waals surface area (Å²) < 4.78 is 10.2. The zero-order valence-electron chi connectivity index (χ0n) is 9.44. The molecule has 86 valence electrons. The molecule has 4 heteroatoms. The first-order valence-corrected chi connectivity index (χ1v) is 6.15. The molecule has 0 atom stereocenters. The van der Waals surface area contributed by atoms with Crippen LogP contribution in [-0.4, -0.2) is 29.4 Å². The molecule has 0 amide bonds. The van der Waals surface area contributed by atoms with E-state index in [1.165, 1.54) is 10.8 Å². The number of hydrogen-bond acceptors (Lipinski definition) is 3. The average Bonchev–Trinajstić information content (AvgIpc) is 2.30. The Morgan fingerprint density at radius 2 is 2.12 bits per heavy atom. The third kappa shape index (κ3) is 4.42. The largest absolute Gasteiger partial charge is 0.460 e. The zero-order valence-corrected chi connectivity index (χ0v) is 11.4. The molecule has 0 bridgehead atoms. The molecule has 0 radical (unpaired) electrons. The molecule has 0 fully saturated rings. The Kier molecular flexibility index (Phi) is 5.53. The van der Waals surface area contributed by atoms with E-state index in [0.29, 0.717) is 13.2 Å². The average molecular weight is 236 g/mol. The summed E-state index contributed by atoms with van der Waals surface area (Å²) in [5.74, 6) is -0.410. The summed E-state index contributed by atoms with van der Waals surface area (Å²) in [7, 11) is 1.01. The van der Waals surface area contributed by atoms with Gasteiger partial charge in [0.05, 0.1) is 13.2 Å². The smallest absolute Gasteiger partial charge is 0.330 e. The first-order valence-electron chi connectivity index (χ1n) is 5.15. The normalized spacial score (nSPS) is 10.0. The Bertz CT molecular complexity index is 363. The number of ether oxygens (including phenoxy) is 2. The van der Waals surface area contributed by atoms with Gasteiger partial charge in [-0.2, -0.15) is 0 Å². The first kappa shape index (κ1) is 12.7. The number of rotatable bonds is 6. The van der Waals surface area contributed by atoms with Gasteiger partial charge in [0, 0.05) is 16.3 Å². The van der Waals surface area contributed by atoms with Gasteiger partial charge in [-0.3, -0.25) is 0 Å². The van der Waals surface area contributed by atoms with Gasteiger partial charge in [-0.1, -0.05) is 36.0 Å². The maximum atomic E-state index is 10.7. The second-order valence-corrected chi connectivity index (χ2v) is 4.43. The van der Waals surface area contributed by atoms with Crippen molar-refractivity contribution in [1.82, 2.24) is 0 Å².